The largest absolute Gasteiger partial charge is 0.459 e. The van der Waals surface area contributed by atoms with Crippen LogP contribution >= 0.6 is 0 Å². The number of carbonyl (C=O) groups is 2. The van der Waals surface area contributed by atoms with Gasteiger partial charge in [-0.05, 0) is 62.7 Å². The van der Waals surface area contributed by atoms with E-state index in [-0.39, 0.29) is 36.2 Å². The average molecular weight is 454 g/mol. The molecule has 2 aromatic carbocycles. The lowest BCUT2D eigenvalue weighted by molar-refractivity contribution is -0.120. The van der Waals surface area contributed by atoms with Crippen molar-refractivity contribution in [3.63, 3.8) is 0 Å². The van der Waals surface area contributed by atoms with Gasteiger partial charge in [-0.25, -0.2) is 0 Å². The van der Waals surface area contributed by atoms with Crippen LogP contribution in [0.2, 0.25) is 0 Å². The molecule has 3 heterocycles. The van der Waals surface area contributed by atoms with Gasteiger partial charge in [0.15, 0.2) is 5.76 Å². The maximum Gasteiger partial charge on any atom is 0.290 e. The lowest BCUT2D eigenvalue weighted by Gasteiger charge is -2.40. The van der Waals surface area contributed by atoms with E-state index < -0.39 is 0 Å². The van der Waals surface area contributed by atoms with Crippen LogP contribution in [-0.4, -0.2) is 33.9 Å². The zero-order valence-electron chi connectivity index (χ0n) is 19.5. The molecule has 172 valence electrons. The monoisotopic (exact) mass is 453 g/mol. The molecule has 0 aliphatic carbocycles. The first-order valence-electron chi connectivity index (χ1n) is 11.5. The van der Waals surface area contributed by atoms with Crippen molar-refractivity contribution >= 4 is 17.5 Å². The van der Waals surface area contributed by atoms with Crippen LogP contribution in [0.25, 0.3) is 5.69 Å². The summed E-state index contributed by atoms with van der Waals surface area (Å²) in [7, 11) is 0. The molecule has 1 aliphatic heterocycles. The maximum absolute atomic E-state index is 14.0. The summed E-state index contributed by atoms with van der Waals surface area (Å²) in [6.07, 6.45) is 3.50. The summed E-state index contributed by atoms with van der Waals surface area (Å²) in [5.41, 5.74) is 4.91. The number of fused-ring (bicyclic) bond motifs is 3. The number of benzene rings is 2. The van der Waals surface area contributed by atoms with Gasteiger partial charge in [0.1, 0.15) is 12.6 Å². The number of hydrogen-bond acceptors (Lipinski definition) is 3. The van der Waals surface area contributed by atoms with Crippen LogP contribution in [0.3, 0.4) is 0 Å². The average Bonchev–Trinajstić information content (AvgIpc) is 3.53. The van der Waals surface area contributed by atoms with Gasteiger partial charge in [0, 0.05) is 12.2 Å². The molecule has 0 N–H and O–H groups in total. The zero-order valence-corrected chi connectivity index (χ0v) is 19.5. The number of aromatic nitrogens is 1. The van der Waals surface area contributed by atoms with Gasteiger partial charge in [0.25, 0.3) is 5.91 Å². The second kappa shape index (κ2) is 8.71. The van der Waals surface area contributed by atoms with Crippen LogP contribution in [0.5, 0.6) is 0 Å². The third-order valence-electron chi connectivity index (χ3n) is 6.27. The summed E-state index contributed by atoms with van der Waals surface area (Å²) in [5.74, 6) is -0.223. The summed E-state index contributed by atoms with van der Waals surface area (Å²) in [6, 6.07) is 23.0. The Hall–Kier alpha value is -4.06. The highest BCUT2D eigenvalue weighted by Crippen LogP contribution is 2.42. The highest BCUT2D eigenvalue weighted by Gasteiger charge is 2.37. The number of rotatable bonds is 5. The molecule has 0 saturated heterocycles. The topological polar surface area (TPSA) is 58.7 Å². The van der Waals surface area contributed by atoms with Gasteiger partial charge in [-0.2, -0.15) is 0 Å². The predicted octanol–water partition coefficient (Wildman–Crippen LogP) is 5.37. The number of amides is 2. The standard InChI is InChI=1S/C28H27N3O3/c1-19(2)30(28(33)25-14-8-16-34-25)18-26(32)31-23-12-5-4-11-22(23)29-15-7-13-24(29)27(31)21-10-6-9-20(3)17-21/h4-17,19,27H,18H2,1-3H3. The minimum Gasteiger partial charge on any atom is -0.459 e. The van der Waals surface area contributed by atoms with Crippen molar-refractivity contribution in [1.29, 1.82) is 0 Å². The summed E-state index contributed by atoms with van der Waals surface area (Å²) in [5, 5.41) is 0. The Kier molecular flexibility index (Phi) is 5.57. The maximum atomic E-state index is 14.0. The molecule has 5 rings (SSSR count). The molecule has 2 amide bonds. The van der Waals surface area contributed by atoms with Crippen molar-refractivity contribution in [2.45, 2.75) is 32.9 Å². The molecule has 1 aliphatic rings. The molecule has 1 unspecified atom stereocenters. The van der Waals surface area contributed by atoms with Gasteiger partial charge in [0.05, 0.1) is 23.3 Å². The fourth-order valence-electron chi connectivity index (χ4n) is 4.67. The number of furan rings is 1. The van der Waals surface area contributed by atoms with E-state index in [9.17, 15) is 9.59 Å². The molecular formula is C28H27N3O3. The second-order valence-electron chi connectivity index (χ2n) is 8.88. The van der Waals surface area contributed by atoms with Gasteiger partial charge in [-0.15, -0.1) is 0 Å². The summed E-state index contributed by atoms with van der Waals surface area (Å²) >= 11 is 0. The molecule has 0 bridgehead atoms. The van der Waals surface area contributed by atoms with Crippen molar-refractivity contribution in [2.24, 2.45) is 0 Å². The van der Waals surface area contributed by atoms with Crippen molar-refractivity contribution in [2.75, 3.05) is 11.4 Å². The van der Waals surface area contributed by atoms with E-state index in [4.69, 9.17) is 4.42 Å². The van der Waals surface area contributed by atoms with Crippen LogP contribution in [0.4, 0.5) is 5.69 Å². The van der Waals surface area contributed by atoms with Crippen LogP contribution in [0.1, 0.15) is 47.3 Å². The Labute approximate surface area is 199 Å². The van der Waals surface area contributed by atoms with Crippen LogP contribution in [0.15, 0.2) is 89.7 Å². The fraction of sp³-hybridized carbons (Fsp3) is 0.214. The van der Waals surface area contributed by atoms with Crippen LogP contribution < -0.4 is 4.90 Å². The normalized spacial score (nSPS) is 14.6. The molecule has 2 aromatic heterocycles. The number of hydrogen-bond donors (Lipinski definition) is 0. The Morgan fingerprint density at radius 3 is 2.47 bits per heavy atom. The second-order valence-corrected chi connectivity index (χ2v) is 8.88. The molecule has 4 aromatic rings. The predicted molar refractivity (Wildman–Crippen MR) is 131 cm³/mol. The molecule has 6 heteroatoms. The van der Waals surface area contributed by atoms with Crippen molar-refractivity contribution in [3.8, 4) is 5.69 Å². The zero-order chi connectivity index (χ0) is 23.8. The molecule has 34 heavy (non-hydrogen) atoms. The van der Waals surface area contributed by atoms with E-state index in [1.54, 1.807) is 17.0 Å². The van der Waals surface area contributed by atoms with Gasteiger partial charge < -0.3 is 13.9 Å². The Balaban J connectivity index is 1.60. The third-order valence-corrected chi connectivity index (χ3v) is 6.27. The highest BCUT2D eigenvalue weighted by atomic mass is 16.3. The summed E-state index contributed by atoms with van der Waals surface area (Å²) < 4.78 is 7.47. The number of anilines is 1. The van der Waals surface area contributed by atoms with E-state index in [0.29, 0.717) is 0 Å². The molecule has 0 radical (unpaired) electrons. The van der Waals surface area contributed by atoms with E-state index in [2.05, 4.69) is 22.8 Å². The fourth-order valence-corrected chi connectivity index (χ4v) is 4.67. The number of nitrogens with zero attached hydrogens (tertiary/aromatic N) is 3. The Morgan fingerprint density at radius 2 is 1.76 bits per heavy atom. The number of carbonyl (C=O) groups excluding carboxylic acids is 2. The minimum absolute atomic E-state index is 0.0610. The minimum atomic E-state index is -0.315. The smallest absolute Gasteiger partial charge is 0.290 e. The van der Waals surface area contributed by atoms with E-state index >= 15 is 0 Å². The van der Waals surface area contributed by atoms with Crippen LogP contribution in [-0.2, 0) is 4.79 Å². The quantitative estimate of drug-likeness (QED) is 0.408. The van der Waals surface area contributed by atoms with Gasteiger partial charge in [-0.1, -0.05) is 42.0 Å². The SMILES string of the molecule is Cc1cccc(C2c3cccn3-c3ccccc3N2C(=O)CN(C(=O)c2ccco2)C(C)C)c1. The number of aryl methyl sites for hydroxylation is 1. The first-order valence-corrected chi connectivity index (χ1v) is 11.5. The van der Waals surface area contributed by atoms with Gasteiger partial charge in [-0.3, -0.25) is 14.5 Å². The van der Waals surface area contributed by atoms with Crippen molar-refractivity contribution < 1.29 is 14.0 Å². The van der Waals surface area contributed by atoms with E-state index in [1.165, 1.54) is 6.26 Å². The van der Waals surface area contributed by atoms with E-state index in [0.717, 1.165) is 28.2 Å². The van der Waals surface area contributed by atoms with Gasteiger partial charge in [0.2, 0.25) is 5.91 Å². The summed E-state index contributed by atoms with van der Waals surface area (Å²) in [4.78, 5) is 30.6. The first kappa shape index (κ1) is 21.8. The highest BCUT2D eigenvalue weighted by molar-refractivity contribution is 6.02. The van der Waals surface area contributed by atoms with Gasteiger partial charge >= 0.3 is 0 Å². The molecule has 0 saturated carbocycles. The first-order chi connectivity index (χ1) is 16.5. The lowest BCUT2D eigenvalue weighted by atomic mass is 9.96. The van der Waals surface area contributed by atoms with Crippen molar-refractivity contribution in [1.82, 2.24) is 9.47 Å². The van der Waals surface area contributed by atoms with Crippen LogP contribution in [0, 0.1) is 6.92 Å². The molecule has 6 nitrogen and oxygen atoms in total. The molecule has 0 fully saturated rings. The molecule has 0 spiro atoms. The van der Waals surface area contributed by atoms with Crippen molar-refractivity contribution in [3.05, 3.63) is 108 Å². The third kappa shape index (κ3) is 3.71. The Bertz CT molecular complexity index is 1340. The molecular weight excluding hydrogens is 426 g/mol. The summed E-state index contributed by atoms with van der Waals surface area (Å²) in [6.45, 7) is 5.80. The Morgan fingerprint density at radius 1 is 0.971 bits per heavy atom. The number of para-hydroxylation sites is 2. The molecule has 1 atom stereocenters. The lowest BCUT2D eigenvalue weighted by Crippen LogP contribution is -2.48. The van der Waals surface area contributed by atoms with E-state index in [1.807, 2.05) is 74.3 Å².